The number of ketones is 1. The molecule has 6 atom stereocenters. The number of carbonyl (C=O) groups excluding carboxylic acids is 2. The van der Waals surface area contributed by atoms with Gasteiger partial charge in [-0.1, -0.05) is 67.1 Å². The molecule has 1 aliphatic heterocycles. The Kier molecular flexibility index (Phi) is 13.7. The smallest absolute Gasteiger partial charge is 0.336 e. The van der Waals surface area contributed by atoms with Crippen LogP contribution in [0.1, 0.15) is 50.8 Å². The van der Waals surface area contributed by atoms with Crippen LogP contribution in [0, 0.1) is 5.92 Å². The van der Waals surface area contributed by atoms with Crippen molar-refractivity contribution in [2.24, 2.45) is 5.92 Å². The molecular formula is C35H44N2O8. The number of allylic oxidation sites excluding steroid dienone is 3. The molecule has 5 N–H and O–H groups in total. The number of benzene rings is 2. The van der Waals surface area contributed by atoms with Gasteiger partial charge in [-0.25, -0.2) is 4.79 Å². The molecule has 10 heteroatoms. The third kappa shape index (κ3) is 11.7. The van der Waals surface area contributed by atoms with E-state index in [-0.39, 0.29) is 36.2 Å². The van der Waals surface area contributed by atoms with Crippen LogP contribution in [-0.4, -0.2) is 71.0 Å². The maximum absolute atomic E-state index is 13.3. The van der Waals surface area contributed by atoms with E-state index in [1.165, 1.54) is 6.08 Å². The number of amides is 1. The van der Waals surface area contributed by atoms with Crippen molar-refractivity contribution in [3.05, 3.63) is 101 Å². The van der Waals surface area contributed by atoms with Gasteiger partial charge in [0.1, 0.15) is 11.9 Å². The molecule has 2 aromatic carbocycles. The van der Waals surface area contributed by atoms with Crippen molar-refractivity contribution >= 4 is 17.7 Å². The number of aliphatic carboxylic acids is 1. The fraction of sp³-hybridized carbons (Fsp3) is 0.400. The van der Waals surface area contributed by atoms with E-state index in [9.17, 15) is 24.6 Å². The SMILES string of the molecule is COc1ccc(CC(NCC=CCC(O)C(C)C2OC2c2ccccc2)C(=O)NC(C)=CC(=O)CC(C)=CC(O)C(=O)O)cc1. The Morgan fingerprint density at radius 3 is 2.36 bits per heavy atom. The molecule has 0 aliphatic carbocycles. The number of carboxylic acid groups (broad SMARTS) is 1. The number of nitrogens with one attached hydrogen (secondary N) is 2. The lowest BCUT2D eigenvalue weighted by atomic mass is 9.94. The molecule has 0 aromatic heterocycles. The quantitative estimate of drug-likeness (QED) is 0.0953. The summed E-state index contributed by atoms with van der Waals surface area (Å²) in [5.41, 5.74) is 2.75. The van der Waals surface area contributed by atoms with Crippen molar-refractivity contribution in [2.45, 2.75) is 70.5 Å². The number of aliphatic hydroxyl groups excluding tert-OH is 2. The highest BCUT2D eigenvalue weighted by atomic mass is 16.6. The second-order valence-electron chi connectivity index (χ2n) is 11.3. The monoisotopic (exact) mass is 620 g/mol. The zero-order valence-corrected chi connectivity index (χ0v) is 26.2. The Morgan fingerprint density at radius 1 is 1.02 bits per heavy atom. The average Bonchev–Trinajstić information content (AvgIpc) is 3.81. The zero-order valence-electron chi connectivity index (χ0n) is 26.2. The fourth-order valence-electron chi connectivity index (χ4n) is 4.94. The number of hydrogen-bond acceptors (Lipinski definition) is 8. The van der Waals surface area contributed by atoms with Crippen LogP contribution >= 0.6 is 0 Å². The molecule has 1 fully saturated rings. The minimum atomic E-state index is -1.69. The average molecular weight is 621 g/mol. The largest absolute Gasteiger partial charge is 0.497 e. The molecule has 1 aliphatic rings. The third-order valence-corrected chi connectivity index (χ3v) is 7.57. The van der Waals surface area contributed by atoms with E-state index in [4.69, 9.17) is 14.6 Å². The lowest BCUT2D eigenvalue weighted by molar-refractivity contribution is -0.144. The molecule has 1 saturated heterocycles. The Balaban J connectivity index is 1.56. The second-order valence-corrected chi connectivity index (χ2v) is 11.3. The minimum absolute atomic E-state index is 0.0110. The summed E-state index contributed by atoms with van der Waals surface area (Å²) in [6, 6.07) is 16.7. The highest BCUT2D eigenvalue weighted by molar-refractivity contribution is 5.93. The second kappa shape index (κ2) is 17.4. The van der Waals surface area contributed by atoms with Crippen LogP contribution in [0.15, 0.2) is 90.2 Å². The van der Waals surface area contributed by atoms with Crippen molar-refractivity contribution in [3.63, 3.8) is 0 Å². The topological polar surface area (TPSA) is 158 Å². The lowest BCUT2D eigenvalue weighted by Gasteiger charge is -2.19. The van der Waals surface area contributed by atoms with Gasteiger partial charge >= 0.3 is 5.97 Å². The lowest BCUT2D eigenvalue weighted by Crippen LogP contribution is -2.45. The number of carboxylic acids is 1. The summed E-state index contributed by atoms with van der Waals surface area (Å²) in [5, 5.41) is 35.0. The summed E-state index contributed by atoms with van der Waals surface area (Å²) in [7, 11) is 1.58. The molecule has 0 spiro atoms. The molecule has 6 unspecified atom stereocenters. The number of aliphatic hydroxyl groups is 2. The van der Waals surface area contributed by atoms with E-state index in [1.807, 2.05) is 73.7 Å². The van der Waals surface area contributed by atoms with Crippen LogP contribution in [0.5, 0.6) is 5.75 Å². The number of epoxide rings is 1. The van der Waals surface area contributed by atoms with Gasteiger partial charge in [0, 0.05) is 30.7 Å². The van der Waals surface area contributed by atoms with E-state index in [2.05, 4.69) is 10.6 Å². The number of ether oxygens (including phenoxy) is 2. The number of rotatable bonds is 18. The molecule has 45 heavy (non-hydrogen) atoms. The summed E-state index contributed by atoms with van der Waals surface area (Å²) in [4.78, 5) is 36.5. The molecular weight excluding hydrogens is 576 g/mol. The number of carbonyl (C=O) groups is 3. The van der Waals surface area contributed by atoms with Crippen LogP contribution in [0.25, 0.3) is 0 Å². The van der Waals surface area contributed by atoms with E-state index >= 15 is 0 Å². The maximum atomic E-state index is 13.3. The Labute approximate surface area is 264 Å². The van der Waals surface area contributed by atoms with Crippen LogP contribution in [0.4, 0.5) is 0 Å². The highest BCUT2D eigenvalue weighted by Crippen LogP contribution is 2.44. The number of methoxy groups -OCH3 is 1. The fourth-order valence-corrected chi connectivity index (χ4v) is 4.94. The van der Waals surface area contributed by atoms with Crippen molar-refractivity contribution in [1.82, 2.24) is 10.6 Å². The first-order chi connectivity index (χ1) is 21.5. The maximum Gasteiger partial charge on any atom is 0.336 e. The molecule has 1 heterocycles. The Hall–Kier alpha value is -4.09. The summed E-state index contributed by atoms with van der Waals surface area (Å²) >= 11 is 0. The van der Waals surface area contributed by atoms with Gasteiger partial charge in [0.15, 0.2) is 11.9 Å². The van der Waals surface area contributed by atoms with Crippen LogP contribution in [0.3, 0.4) is 0 Å². The molecule has 0 radical (unpaired) electrons. The van der Waals surface area contributed by atoms with Gasteiger partial charge < -0.3 is 35.4 Å². The van der Waals surface area contributed by atoms with Crippen LogP contribution in [0.2, 0.25) is 0 Å². The van der Waals surface area contributed by atoms with Crippen LogP contribution < -0.4 is 15.4 Å². The molecule has 242 valence electrons. The Bertz CT molecular complexity index is 1370. The first-order valence-electron chi connectivity index (χ1n) is 15.0. The summed E-state index contributed by atoms with van der Waals surface area (Å²) in [5.74, 6) is -1.42. The van der Waals surface area contributed by atoms with Crippen LogP contribution in [-0.2, 0) is 25.5 Å². The van der Waals surface area contributed by atoms with E-state index < -0.39 is 24.2 Å². The summed E-state index contributed by atoms with van der Waals surface area (Å²) < 4.78 is 11.1. The molecule has 0 saturated carbocycles. The molecule has 3 rings (SSSR count). The molecule has 10 nitrogen and oxygen atoms in total. The third-order valence-electron chi connectivity index (χ3n) is 7.57. The van der Waals surface area contributed by atoms with Gasteiger partial charge in [-0.05, 0) is 56.0 Å². The van der Waals surface area contributed by atoms with Gasteiger partial charge in [-0.3, -0.25) is 9.59 Å². The Morgan fingerprint density at radius 2 is 1.71 bits per heavy atom. The summed E-state index contributed by atoms with van der Waals surface area (Å²) in [6.45, 7) is 5.51. The van der Waals surface area contributed by atoms with Crippen molar-refractivity contribution in [2.75, 3.05) is 13.7 Å². The van der Waals surface area contributed by atoms with Crippen molar-refractivity contribution < 1.29 is 39.2 Å². The van der Waals surface area contributed by atoms with Gasteiger partial charge in [-0.2, -0.15) is 0 Å². The van der Waals surface area contributed by atoms with E-state index in [1.54, 1.807) is 21.0 Å². The molecule has 1 amide bonds. The van der Waals surface area contributed by atoms with Gasteiger partial charge in [0.25, 0.3) is 0 Å². The van der Waals surface area contributed by atoms with E-state index in [0.29, 0.717) is 36.4 Å². The van der Waals surface area contributed by atoms with E-state index in [0.717, 1.165) is 17.2 Å². The number of hydrogen-bond donors (Lipinski definition) is 5. The highest BCUT2D eigenvalue weighted by Gasteiger charge is 2.45. The normalized spacial score (nSPS) is 19.4. The standard InChI is InChI=1S/C35H44N2O8/c1-22(19-31(40)35(42)43)18-27(38)20-23(2)37-34(41)29(21-25-13-15-28(44-4)16-14-25)36-17-9-8-12-30(39)24(3)32-33(45-32)26-10-6-5-7-11-26/h5-11,13-16,19-20,24,29-33,36,39-40H,12,17-18,21H2,1-4H3,(H,37,41)(H,42,43). The zero-order chi connectivity index (χ0) is 32.9. The first-order valence-corrected chi connectivity index (χ1v) is 15.0. The predicted octanol–water partition coefficient (Wildman–Crippen LogP) is 3.65. The summed E-state index contributed by atoms with van der Waals surface area (Å²) in [6.07, 6.45) is 4.59. The van der Waals surface area contributed by atoms with Gasteiger partial charge in [-0.15, -0.1) is 0 Å². The first kappa shape index (κ1) is 35.4. The predicted molar refractivity (Wildman–Crippen MR) is 170 cm³/mol. The molecule has 2 aromatic rings. The molecule has 0 bridgehead atoms. The van der Waals surface area contributed by atoms with Gasteiger partial charge in [0.05, 0.1) is 25.4 Å². The van der Waals surface area contributed by atoms with Gasteiger partial charge in [0.2, 0.25) is 5.91 Å². The minimum Gasteiger partial charge on any atom is -0.497 e. The van der Waals surface area contributed by atoms with Crippen molar-refractivity contribution in [1.29, 1.82) is 0 Å². The van der Waals surface area contributed by atoms with Crippen molar-refractivity contribution in [3.8, 4) is 5.75 Å².